The van der Waals surface area contributed by atoms with Crippen molar-refractivity contribution in [1.82, 2.24) is 9.80 Å². The Hall–Kier alpha value is -2.20. The molecule has 4 N–H and O–H groups in total. The van der Waals surface area contributed by atoms with E-state index in [-0.39, 0.29) is 30.1 Å². The van der Waals surface area contributed by atoms with Crippen LogP contribution in [0.2, 0.25) is 0 Å². The summed E-state index contributed by atoms with van der Waals surface area (Å²) >= 11 is 0. The van der Waals surface area contributed by atoms with Gasteiger partial charge >= 0.3 is 6.36 Å². The Morgan fingerprint density at radius 3 is 2.19 bits per heavy atom. The number of guanidine groups is 2. The van der Waals surface area contributed by atoms with Crippen molar-refractivity contribution in [2.24, 2.45) is 21.5 Å². The molecule has 2 rings (SSSR count). The van der Waals surface area contributed by atoms with E-state index in [4.69, 9.17) is 11.5 Å². The Morgan fingerprint density at radius 1 is 1.15 bits per heavy atom. The molecule has 11 heteroatoms. The van der Waals surface area contributed by atoms with Crippen LogP contribution < -0.4 is 16.2 Å². The Labute approximate surface area is 162 Å². The molecule has 0 bridgehead atoms. The molecule has 1 heterocycles. The number of piperidine rings is 1. The monoisotopic (exact) mass is 408 g/mol. The summed E-state index contributed by atoms with van der Waals surface area (Å²) in [6.07, 6.45) is -2.79. The number of hydrogen-bond donors (Lipinski definition) is 2. The predicted octanol–water partition coefficient (Wildman–Crippen LogP) is 2.29. The molecule has 1 aliphatic heterocycles. The van der Waals surface area contributed by atoms with E-state index in [1.807, 2.05) is 19.0 Å². The largest absolute Gasteiger partial charge is 0.573 e. The standard InChI is InChI=1S/C16H23F3N6O.ClH/c1-24(2)12-7-9-25(10-8-12)15(21)23-14(20)22-11-3-5-13(6-4-11)26-16(17,18)19;/h3-6,12H,7-10H2,1-2H3,(H4,20,21,22,23);1H. The van der Waals surface area contributed by atoms with E-state index in [1.165, 1.54) is 12.1 Å². The van der Waals surface area contributed by atoms with Crippen LogP contribution in [0.25, 0.3) is 0 Å². The van der Waals surface area contributed by atoms with Crippen LogP contribution in [-0.4, -0.2) is 61.3 Å². The maximum atomic E-state index is 12.1. The van der Waals surface area contributed by atoms with Crippen molar-refractivity contribution in [2.75, 3.05) is 27.2 Å². The van der Waals surface area contributed by atoms with Gasteiger partial charge in [0, 0.05) is 19.1 Å². The maximum absolute atomic E-state index is 12.1. The van der Waals surface area contributed by atoms with Crippen LogP contribution in [0.1, 0.15) is 12.8 Å². The van der Waals surface area contributed by atoms with Crippen molar-refractivity contribution in [3.63, 3.8) is 0 Å². The second kappa shape index (κ2) is 9.65. The Balaban J connectivity index is 0.00000364. The quantitative estimate of drug-likeness (QED) is 0.591. The molecule has 0 aromatic heterocycles. The number of benzene rings is 1. The van der Waals surface area contributed by atoms with Crippen molar-refractivity contribution in [3.8, 4) is 5.75 Å². The molecule has 1 aromatic carbocycles. The van der Waals surface area contributed by atoms with Gasteiger partial charge in [-0.3, -0.25) is 0 Å². The molecule has 1 fully saturated rings. The van der Waals surface area contributed by atoms with E-state index < -0.39 is 6.36 Å². The smallest absolute Gasteiger partial charge is 0.406 e. The maximum Gasteiger partial charge on any atom is 0.573 e. The van der Waals surface area contributed by atoms with Crippen LogP contribution in [0.15, 0.2) is 34.3 Å². The Kier molecular flexibility index (Phi) is 8.17. The number of halogens is 4. The minimum Gasteiger partial charge on any atom is -0.406 e. The number of nitrogens with zero attached hydrogens (tertiary/aromatic N) is 4. The molecule has 1 aliphatic rings. The van der Waals surface area contributed by atoms with E-state index in [0.717, 1.165) is 38.1 Å². The van der Waals surface area contributed by atoms with Crippen molar-refractivity contribution in [3.05, 3.63) is 24.3 Å². The molecule has 0 amide bonds. The van der Waals surface area contributed by atoms with Crippen LogP contribution >= 0.6 is 12.4 Å². The highest BCUT2D eigenvalue weighted by molar-refractivity contribution is 5.94. The van der Waals surface area contributed by atoms with E-state index in [0.29, 0.717) is 11.7 Å². The molecule has 0 spiro atoms. The summed E-state index contributed by atoms with van der Waals surface area (Å²) in [4.78, 5) is 12.2. The summed E-state index contributed by atoms with van der Waals surface area (Å²) in [5.41, 5.74) is 12.1. The first-order valence-electron chi connectivity index (χ1n) is 8.09. The Bertz CT molecular complexity index is 655. The van der Waals surface area contributed by atoms with Gasteiger partial charge in [-0.15, -0.1) is 25.6 Å². The second-order valence-corrected chi connectivity index (χ2v) is 6.16. The van der Waals surface area contributed by atoms with Crippen molar-refractivity contribution in [2.45, 2.75) is 25.2 Å². The lowest BCUT2D eigenvalue weighted by molar-refractivity contribution is -0.274. The predicted molar refractivity (Wildman–Crippen MR) is 102 cm³/mol. The molecule has 0 atom stereocenters. The van der Waals surface area contributed by atoms with Gasteiger partial charge in [0.25, 0.3) is 0 Å². The van der Waals surface area contributed by atoms with Crippen molar-refractivity contribution in [1.29, 1.82) is 0 Å². The van der Waals surface area contributed by atoms with Gasteiger partial charge in [0.2, 0.25) is 5.96 Å². The number of rotatable bonds is 3. The fourth-order valence-corrected chi connectivity index (χ4v) is 2.68. The zero-order valence-corrected chi connectivity index (χ0v) is 15.9. The highest BCUT2D eigenvalue weighted by Crippen LogP contribution is 2.24. The van der Waals surface area contributed by atoms with Gasteiger partial charge in [0.05, 0.1) is 5.69 Å². The highest BCUT2D eigenvalue weighted by Gasteiger charge is 2.30. The third-order valence-electron chi connectivity index (χ3n) is 4.06. The molecule has 7 nitrogen and oxygen atoms in total. The van der Waals surface area contributed by atoms with Gasteiger partial charge in [-0.1, -0.05) is 0 Å². The topological polar surface area (TPSA) is 92.5 Å². The molecule has 0 saturated carbocycles. The lowest BCUT2D eigenvalue weighted by Crippen LogP contribution is -2.47. The van der Waals surface area contributed by atoms with Gasteiger partial charge in [-0.05, 0) is 51.2 Å². The second-order valence-electron chi connectivity index (χ2n) is 6.16. The number of aliphatic imine (C=N–C) groups is 2. The third kappa shape index (κ3) is 7.51. The van der Waals surface area contributed by atoms with Crippen molar-refractivity contribution >= 4 is 30.0 Å². The van der Waals surface area contributed by atoms with Crippen LogP contribution in [0, 0.1) is 0 Å². The van der Waals surface area contributed by atoms with Gasteiger partial charge in [-0.25, -0.2) is 4.99 Å². The van der Waals surface area contributed by atoms with Gasteiger partial charge in [0.1, 0.15) is 5.75 Å². The minimum atomic E-state index is -4.73. The molecule has 0 radical (unpaired) electrons. The van der Waals surface area contributed by atoms with Crippen LogP contribution in [0.4, 0.5) is 18.9 Å². The normalized spacial score (nSPS) is 17.0. The fraction of sp³-hybridized carbons (Fsp3) is 0.500. The van der Waals surface area contributed by atoms with Gasteiger partial charge in [-0.2, -0.15) is 4.99 Å². The number of nitrogens with two attached hydrogens (primary N) is 2. The summed E-state index contributed by atoms with van der Waals surface area (Å²) in [6.45, 7) is 1.55. The highest BCUT2D eigenvalue weighted by atomic mass is 35.5. The zero-order valence-electron chi connectivity index (χ0n) is 15.1. The van der Waals surface area contributed by atoms with E-state index in [2.05, 4.69) is 19.6 Å². The Morgan fingerprint density at radius 2 is 1.70 bits per heavy atom. The molecule has 0 aliphatic carbocycles. The van der Waals surface area contributed by atoms with Gasteiger partial charge < -0.3 is 26.0 Å². The average molecular weight is 409 g/mol. The number of ether oxygens (including phenoxy) is 1. The minimum absolute atomic E-state index is 0. The average Bonchev–Trinajstić information content (AvgIpc) is 2.55. The van der Waals surface area contributed by atoms with Crippen LogP contribution in [-0.2, 0) is 0 Å². The van der Waals surface area contributed by atoms with Crippen molar-refractivity contribution < 1.29 is 17.9 Å². The van der Waals surface area contributed by atoms with Gasteiger partial charge in [0.15, 0.2) is 5.96 Å². The summed E-state index contributed by atoms with van der Waals surface area (Å²) in [5.74, 6) is -0.121. The first-order chi connectivity index (χ1) is 12.1. The summed E-state index contributed by atoms with van der Waals surface area (Å²) in [7, 11) is 4.10. The molecule has 1 saturated heterocycles. The van der Waals surface area contributed by atoms with E-state index in [9.17, 15) is 13.2 Å². The molecule has 0 unspecified atom stereocenters. The number of alkyl halides is 3. The van der Waals surface area contributed by atoms with E-state index in [1.54, 1.807) is 0 Å². The lowest BCUT2D eigenvalue weighted by atomic mass is 10.0. The van der Waals surface area contributed by atoms with Crippen LogP contribution in [0.5, 0.6) is 5.75 Å². The number of hydrogen-bond acceptors (Lipinski definition) is 3. The molecule has 27 heavy (non-hydrogen) atoms. The molecular formula is C16H24ClF3N6O. The first-order valence-corrected chi connectivity index (χ1v) is 8.09. The van der Waals surface area contributed by atoms with Crippen LogP contribution in [0.3, 0.4) is 0 Å². The summed E-state index contributed by atoms with van der Waals surface area (Å²) < 4.78 is 40.2. The molecule has 1 aromatic rings. The van der Waals surface area contributed by atoms with E-state index >= 15 is 0 Å². The first kappa shape index (κ1) is 22.8. The summed E-state index contributed by atoms with van der Waals surface area (Å²) in [5, 5.41) is 0. The lowest BCUT2D eigenvalue weighted by Gasteiger charge is -2.35. The SMILES string of the molecule is CN(C)C1CCN(/C(N)=N\C(N)=Nc2ccc(OC(F)(F)F)cc2)CC1.Cl. The zero-order chi connectivity index (χ0) is 19.3. The third-order valence-corrected chi connectivity index (χ3v) is 4.06. The molecular weight excluding hydrogens is 385 g/mol. The number of likely N-dealkylation sites (tertiary alicyclic amines) is 1. The fourth-order valence-electron chi connectivity index (χ4n) is 2.68. The molecule has 152 valence electrons. The summed E-state index contributed by atoms with van der Waals surface area (Å²) in [6, 6.07) is 5.52.